The zero-order valence-corrected chi connectivity index (χ0v) is 33.1. The lowest BCUT2D eigenvalue weighted by molar-refractivity contribution is -0.225. The molecule has 4 N–H and O–H groups in total. The molecule has 0 saturated heterocycles. The SMILES string of the molecule is CC(C)(C)ON=C1CC(n2nnc(C(=O)OC(C)(C)C)c2C(=O)OC(C)(C)C)C2(O)Oc3ccc(O)cc3C3C(CCCCO)C(CCCCO)C=C1C32. The molecule has 6 unspecified atom stereocenters. The van der Waals surface area contributed by atoms with Crippen molar-refractivity contribution in [3.05, 3.63) is 46.8 Å². The molecule has 0 spiro atoms. The number of phenols is 1. The summed E-state index contributed by atoms with van der Waals surface area (Å²) in [6.45, 7) is 15.9. The van der Waals surface area contributed by atoms with E-state index in [1.54, 1.807) is 53.7 Å². The Morgan fingerprint density at radius 3 is 2.17 bits per heavy atom. The molecular formula is C40H58N4O10. The lowest BCUT2D eigenvalue weighted by Crippen LogP contribution is -2.62. The summed E-state index contributed by atoms with van der Waals surface area (Å²) in [4.78, 5) is 33.7. The number of benzene rings is 1. The van der Waals surface area contributed by atoms with Crippen LogP contribution in [0.2, 0.25) is 0 Å². The van der Waals surface area contributed by atoms with Crippen LogP contribution in [0.25, 0.3) is 0 Å². The number of rotatable bonds is 12. The topological polar surface area (TPSA) is 195 Å². The maximum atomic E-state index is 14.1. The van der Waals surface area contributed by atoms with Gasteiger partial charge in [-0.25, -0.2) is 14.3 Å². The predicted molar refractivity (Wildman–Crippen MR) is 199 cm³/mol. The number of fused-ring (bicyclic) bond motifs is 2. The van der Waals surface area contributed by atoms with Gasteiger partial charge in [-0.15, -0.1) is 5.10 Å². The first kappa shape index (κ1) is 41.2. The number of carbonyl (C=O) groups is 2. The largest absolute Gasteiger partial charge is 0.508 e. The Labute approximate surface area is 317 Å². The summed E-state index contributed by atoms with van der Waals surface area (Å²) in [5.41, 5.74) is -1.35. The quantitative estimate of drug-likeness (QED) is 0.113. The van der Waals surface area contributed by atoms with E-state index in [2.05, 4.69) is 16.4 Å². The van der Waals surface area contributed by atoms with Crippen LogP contribution in [0, 0.1) is 17.8 Å². The summed E-state index contributed by atoms with van der Waals surface area (Å²) in [5, 5.41) is 56.7. The monoisotopic (exact) mass is 754 g/mol. The van der Waals surface area contributed by atoms with E-state index in [4.69, 9.17) is 24.2 Å². The molecule has 0 radical (unpaired) electrons. The maximum absolute atomic E-state index is 14.1. The van der Waals surface area contributed by atoms with Crippen molar-refractivity contribution < 1.29 is 49.1 Å². The average molecular weight is 755 g/mol. The van der Waals surface area contributed by atoms with Crippen LogP contribution in [0.3, 0.4) is 0 Å². The van der Waals surface area contributed by atoms with Crippen molar-refractivity contribution >= 4 is 17.7 Å². The molecule has 1 saturated carbocycles. The Kier molecular flexibility index (Phi) is 11.9. The molecule has 0 bridgehead atoms. The van der Waals surface area contributed by atoms with Crippen LogP contribution in [0.15, 0.2) is 35.0 Å². The number of hydrogen-bond acceptors (Lipinski definition) is 13. The number of ether oxygens (including phenoxy) is 3. The first-order valence-corrected chi connectivity index (χ1v) is 19.0. The first-order chi connectivity index (χ1) is 25.2. The Hall–Kier alpha value is -4.01. The van der Waals surface area contributed by atoms with Crippen molar-refractivity contribution in [1.82, 2.24) is 15.0 Å². The van der Waals surface area contributed by atoms with Crippen molar-refractivity contribution in [2.45, 2.75) is 142 Å². The molecule has 298 valence electrons. The van der Waals surface area contributed by atoms with Crippen LogP contribution in [-0.4, -0.2) is 88.9 Å². The second-order valence-electron chi connectivity index (χ2n) is 17.7. The molecule has 2 aromatic rings. The summed E-state index contributed by atoms with van der Waals surface area (Å²) in [6, 6.07) is 3.59. The molecule has 3 aliphatic rings. The number of carbonyl (C=O) groups excluding carboxylic acids is 2. The summed E-state index contributed by atoms with van der Waals surface area (Å²) < 4.78 is 19.3. The van der Waals surface area contributed by atoms with Crippen molar-refractivity contribution in [3.63, 3.8) is 0 Å². The van der Waals surface area contributed by atoms with Crippen LogP contribution in [0.1, 0.15) is 146 Å². The van der Waals surface area contributed by atoms with Gasteiger partial charge >= 0.3 is 11.9 Å². The number of hydrogen-bond donors (Lipinski definition) is 4. The van der Waals surface area contributed by atoms with Gasteiger partial charge in [0, 0.05) is 31.1 Å². The van der Waals surface area contributed by atoms with E-state index in [1.807, 2.05) is 20.8 Å². The first-order valence-electron chi connectivity index (χ1n) is 19.0. The minimum absolute atomic E-state index is 0.0251. The van der Waals surface area contributed by atoms with Gasteiger partial charge in [0.1, 0.15) is 34.3 Å². The van der Waals surface area contributed by atoms with E-state index in [9.17, 15) is 30.0 Å². The van der Waals surface area contributed by atoms with Gasteiger partial charge in [0.2, 0.25) is 11.5 Å². The summed E-state index contributed by atoms with van der Waals surface area (Å²) in [7, 11) is 0. The van der Waals surface area contributed by atoms with Crippen molar-refractivity contribution in [2.75, 3.05) is 13.2 Å². The second kappa shape index (κ2) is 15.6. The van der Waals surface area contributed by atoms with Gasteiger partial charge in [0.15, 0.2) is 5.69 Å². The standard InChI is InChI=1S/C40H58N4O10/c1-37(2,3)52-35(48)33-34(36(49)53-38(4,5)6)44(43-41-33)30-22-28(42-54-39(7,8)9)26-20-23(14-10-12-18-45)25(15-11-13-19-46)31-27-21-24(47)16-17-29(27)51-40(30,50)32(26)31/h16-17,20-21,23,25,30-32,45-47,50H,10-15,18-19,22H2,1-9H3. The molecule has 14 nitrogen and oxygen atoms in total. The molecule has 1 aromatic carbocycles. The van der Waals surface area contributed by atoms with E-state index in [0.29, 0.717) is 48.3 Å². The summed E-state index contributed by atoms with van der Waals surface area (Å²) in [5.74, 6) is -4.87. The number of allylic oxidation sites excluding steroid dienone is 1. The molecule has 5 rings (SSSR count). The van der Waals surface area contributed by atoms with Crippen LogP contribution in [0.5, 0.6) is 11.5 Å². The third-order valence-electron chi connectivity index (χ3n) is 9.86. The zero-order chi connectivity index (χ0) is 39.8. The van der Waals surface area contributed by atoms with Gasteiger partial charge < -0.3 is 39.5 Å². The molecular weight excluding hydrogens is 696 g/mol. The molecule has 1 aliphatic heterocycles. The van der Waals surface area contributed by atoms with Gasteiger partial charge in [-0.2, -0.15) is 0 Å². The minimum atomic E-state index is -2.10. The highest BCUT2D eigenvalue weighted by molar-refractivity contribution is 6.03. The number of esters is 2. The molecule has 2 heterocycles. The Balaban J connectivity index is 1.79. The zero-order valence-electron chi connectivity index (χ0n) is 33.1. The van der Waals surface area contributed by atoms with Gasteiger partial charge in [-0.1, -0.05) is 29.3 Å². The Bertz CT molecular complexity index is 1750. The van der Waals surface area contributed by atoms with Crippen LogP contribution in [0.4, 0.5) is 0 Å². The van der Waals surface area contributed by atoms with Crippen molar-refractivity contribution in [1.29, 1.82) is 0 Å². The van der Waals surface area contributed by atoms with E-state index in [1.165, 1.54) is 10.7 Å². The van der Waals surface area contributed by atoms with Crippen LogP contribution < -0.4 is 4.74 Å². The van der Waals surface area contributed by atoms with E-state index in [-0.39, 0.29) is 48.6 Å². The number of aliphatic hydroxyl groups excluding tert-OH is 2. The van der Waals surface area contributed by atoms with E-state index >= 15 is 0 Å². The summed E-state index contributed by atoms with van der Waals surface area (Å²) >= 11 is 0. The molecule has 14 heteroatoms. The molecule has 6 atom stereocenters. The highest BCUT2D eigenvalue weighted by Crippen LogP contribution is 2.62. The molecule has 1 fully saturated rings. The Morgan fingerprint density at radius 1 is 0.926 bits per heavy atom. The molecule has 54 heavy (non-hydrogen) atoms. The molecule has 2 aliphatic carbocycles. The number of phenolic OH excluding ortho intramolecular Hbond substituents is 1. The highest BCUT2D eigenvalue weighted by atomic mass is 16.6. The predicted octanol–water partition coefficient (Wildman–Crippen LogP) is 5.99. The van der Waals surface area contributed by atoms with Crippen LogP contribution >= 0.6 is 0 Å². The van der Waals surface area contributed by atoms with E-state index < -0.39 is 52.4 Å². The number of unbranched alkanes of at least 4 members (excludes halogenated alkanes) is 2. The van der Waals surface area contributed by atoms with Gasteiger partial charge in [0.05, 0.1) is 11.6 Å². The minimum Gasteiger partial charge on any atom is -0.508 e. The fourth-order valence-corrected chi connectivity index (χ4v) is 7.89. The average Bonchev–Trinajstić information content (AvgIpc) is 3.49. The number of nitrogens with zero attached hydrogens (tertiary/aromatic N) is 4. The Morgan fingerprint density at radius 2 is 1.56 bits per heavy atom. The number of aromatic hydroxyl groups is 1. The lowest BCUT2D eigenvalue weighted by atomic mass is 9.55. The van der Waals surface area contributed by atoms with Gasteiger partial charge in [-0.05, 0) is 124 Å². The van der Waals surface area contributed by atoms with Gasteiger partial charge in [0.25, 0.3) is 0 Å². The van der Waals surface area contributed by atoms with Gasteiger partial charge in [-0.3, -0.25) is 0 Å². The molecule has 0 amide bonds. The third-order valence-corrected chi connectivity index (χ3v) is 9.86. The van der Waals surface area contributed by atoms with Crippen molar-refractivity contribution in [2.24, 2.45) is 22.9 Å². The fraction of sp³-hybridized carbons (Fsp3) is 0.675. The van der Waals surface area contributed by atoms with E-state index in [0.717, 1.165) is 12.8 Å². The third kappa shape index (κ3) is 8.92. The highest BCUT2D eigenvalue weighted by Gasteiger charge is 2.64. The summed E-state index contributed by atoms with van der Waals surface area (Å²) in [6.07, 6.45) is 6.19. The number of aliphatic hydroxyl groups is 3. The van der Waals surface area contributed by atoms with Crippen molar-refractivity contribution in [3.8, 4) is 11.5 Å². The van der Waals surface area contributed by atoms with Crippen LogP contribution in [-0.2, 0) is 14.3 Å². The number of aromatic nitrogens is 3. The molecule has 1 aromatic heterocycles. The lowest BCUT2D eigenvalue weighted by Gasteiger charge is -2.56. The second-order valence-corrected chi connectivity index (χ2v) is 17.7. The maximum Gasteiger partial charge on any atom is 0.362 e. The fourth-order valence-electron chi connectivity index (χ4n) is 7.89. The smallest absolute Gasteiger partial charge is 0.362 e. The number of oxime groups is 1. The normalized spacial score (nSPS) is 26.0.